The standard InChI is InChI=1S/C15H23F2N5O2/c1-23-15-19-13(21-6-4-2-3-5-7-21)18-14(20-15)22-8-9-24-11(10-22)12(16)17/h11-12H,2-10H2,1H3. The molecule has 1 aromatic heterocycles. The highest BCUT2D eigenvalue weighted by Crippen LogP contribution is 2.23. The van der Waals surface area contributed by atoms with Crippen molar-refractivity contribution in [3.05, 3.63) is 0 Å². The summed E-state index contributed by atoms with van der Waals surface area (Å²) < 4.78 is 36.2. The van der Waals surface area contributed by atoms with Crippen LogP contribution in [0.15, 0.2) is 0 Å². The van der Waals surface area contributed by atoms with Crippen LogP contribution in [0.5, 0.6) is 6.01 Å². The number of halogens is 2. The molecule has 3 rings (SSSR count). The van der Waals surface area contributed by atoms with Gasteiger partial charge < -0.3 is 19.3 Å². The Balaban J connectivity index is 1.83. The Morgan fingerprint density at radius 3 is 2.29 bits per heavy atom. The lowest BCUT2D eigenvalue weighted by molar-refractivity contribution is -0.0617. The number of methoxy groups -OCH3 is 1. The van der Waals surface area contributed by atoms with Crippen LogP contribution in [-0.4, -0.2) is 67.4 Å². The fourth-order valence-electron chi connectivity index (χ4n) is 2.99. The molecule has 7 nitrogen and oxygen atoms in total. The minimum absolute atomic E-state index is 0.0598. The van der Waals surface area contributed by atoms with Crippen LogP contribution in [0, 0.1) is 0 Å². The number of ether oxygens (including phenoxy) is 2. The third kappa shape index (κ3) is 4.00. The summed E-state index contributed by atoms with van der Waals surface area (Å²) in [6.45, 7) is 2.52. The number of hydrogen-bond donors (Lipinski definition) is 0. The van der Waals surface area contributed by atoms with E-state index in [9.17, 15) is 8.78 Å². The molecule has 2 saturated heterocycles. The Hall–Kier alpha value is -1.77. The van der Waals surface area contributed by atoms with Gasteiger partial charge in [0.2, 0.25) is 11.9 Å². The number of anilines is 2. The highest BCUT2D eigenvalue weighted by atomic mass is 19.3. The first-order valence-electron chi connectivity index (χ1n) is 8.37. The van der Waals surface area contributed by atoms with Gasteiger partial charge in [-0.1, -0.05) is 12.8 Å². The molecule has 0 amide bonds. The summed E-state index contributed by atoms with van der Waals surface area (Å²) in [5.41, 5.74) is 0. The predicted octanol–water partition coefficient (Wildman–Crippen LogP) is 1.73. The molecule has 0 radical (unpaired) electrons. The predicted molar refractivity (Wildman–Crippen MR) is 85.0 cm³/mol. The maximum Gasteiger partial charge on any atom is 0.322 e. The number of alkyl halides is 2. The van der Waals surface area contributed by atoms with Crippen molar-refractivity contribution in [2.75, 3.05) is 49.7 Å². The topological polar surface area (TPSA) is 63.6 Å². The van der Waals surface area contributed by atoms with Crippen LogP contribution >= 0.6 is 0 Å². The third-order valence-corrected chi connectivity index (χ3v) is 4.32. The minimum atomic E-state index is -2.53. The molecule has 134 valence electrons. The van der Waals surface area contributed by atoms with Gasteiger partial charge in [0.05, 0.1) is 20.3 Å². The molecular weight excluding hydrogens is 320 g/mol. The van der Waals surface area contributed by atoms with Gasteiger partial charge >= 0.3 is 6.01 Å². The summed E-state index contributed by atoms with van der Waals surface area (Å²) in [7, 11) is 1.49. The molecule has 0 aliphatic carbocycles. The van der Waals surface area contributed by atoms with Gasteiger partial charge in [0.15, 0.2) is 0 Å². The summed E-state index contributed by atoms with van der Waals surface area (Å²) in [6, 6.07) is 0.208. The van der Waals surface area contributed by atoms with Crippen molar-refractivity contribution in [3.8, 4) is 6.01 Å². The van der Waals surface area contributed by atoms with Crippen molar-refractivity contribution in [1.29, 1.82) is 0 Å². The van der Waals surface area contributed by atoms with Crippen molar-refractivity contribution < 1.29 is 18.3 Å². The molecule has 0 saturated carbocycles. The van der Waals surface area contributed by atoms with E-state index in [4.69, 9.17) is 9.47 Å². The molecular formula is C15H23F2N5O2. The first-order chi connectivity index (χ1) is 11.7. The van der Waals surface area contributed by atoms with Crippen molar-refractivity contribution in [3.63, 3.8) is 0 Å². The first-order valence-corrected chi connectivity index (χ1v) is 8.37. The lowest BCUT2D eigenvalue weighted by Crippen LogP contribution is -2.46. The van der Waals surface area contributed by atoms with Gasteiger partial charge in [0.25, 0.3) is 6.43 Å². The summed E-state index contributed by atoms with van der Waals surface area (Å²) in [6.07, 6.45) is 0.934. The monoisotopic (exact) mass is 343 g/mol. The van der Waals surface area contributed by atoms with E-state index in [2.05, 4.69) is 19.9 Å². The number of nitrogens with zero attached hydrogens (tertiary/aromatic N) is 5. The molecule has 9 heteroatoms. The van der Waals surface area contributed by atoms with Gasteiger partial charge in [-0.2, -0.15) is 15.0 Å². The lowest BCUT2D eigenvalue weighted by atomic mass is 10.2. The zero-order valence-corrected chi connectivity index (χ0v) is 13.8. The molecule has 2 fully saturated rings. The van der Waals surface area contributed by atoms with Gasteiger partial charge in [-0.3, -0.25) is 0 Å². The maximum absolute atomic E-state index is 12.9. The lowest BCUT2D eigenvalue weighted by Gasteiger charge is -2.33. The molecule has 0 spiro atoms. The number of hydrogen-bond acceptors (Lipinski definition) is 7. The van der Waals surface area contributed by atoms with E-state index >= 15 is 0 Å². The van der Waals surface area contributed by atoms with E-state index in [0.29, 0.717) is 18.4 Å². The second-order valence-corrected chi connectivity index (χ2v) is 6.01. The molecule has 2 aliphatic rings. The second kappa shape index (κ2) is 7.87. The van der Waals surface area contributed by atoms with Crippen molar-refractivity contribution >= 4 is 11.9 Å². The van der Waals surface area contributed by atoms with E-state index < -0.39 is 12.5 Å². The molecule has 3 heterocycles. The van der Waals surface area contributed by atoms with Gasteiger partial charge in [0.1, 0.15) is 6.10 Å². The molecule has 1 atom stereocenters. The van der Waals surface area contributed by atoms with Crippen molar-refractivity contribution in [1.82, 2.24) is 15.0 Å². The van der Waals surface area contributed by atoms with Gasteiger partial charge in [0, 0.05) is 19.6 Å². The van der Waals surface area contributed by atoms with Crippen LogP contribution in [0.25, 0.3) is 0 Å². The number of morpholine rings is 1. The van der Waals surface area contributed by atoms with Crippen LogP contribution in [0.4, 0.5) is 20.7 Å². The van der Waals surface area contributed by atoms with Crippen LogP contribution in [0.1, 0.15) is 25.7 Å². The molecule has 24 heavy (non-hydrogen) atoms. The zero-order valence-electron chi connectivity index (χ0n) is 13.8. The maximum atomic E-state index is 12.9. The summed E-state index contributed by atoms with van der Waals surface area (Å²) in [4.78, 5) is 16.9. The highest BCUT2D eigenvalue weighted by Gasteiger charge is 2.30. The Bertz CT molecular complexity index is 541. The van der Waals surface area contributed by atoms with Crippen molar-refractivity contribution in [2.24, 2.45) is 0 Å². The quantitative estimate of drug-likeness (QED) is 0.825. The Morgan fingerprint density at radius 1 is 1.00 bits per heavy atom. The van der Waals surface area contributed by atoms with Gasteiger partial charge in [-0.05, 0) is 12.8 Å². The third-order valence-electron chi connectivity index (χ3n) is 4.32. The van der Waals surface area contributed by atoms with E-state index in [1.807, 2.05) is 0 Å². The summed E-state index contributed by atoms with van der Waals surface area (Å²) in [5, 5.41) is 0. The van der Waals surface area contributed by atoms with Crippen LogP contribution in [-0.2, 0) is 4.74 Å². The number of aromatic nitrogens is 3. The fourth-order valence-corrected chi connectivity index (χ4v) is 2.99. The minimum Gasteiger partial charge on any atom is -0.467 e. The largest absolute Gasteiger partial charge is 0.467 e. The average Bonchev–Trinajstić information content (AvgIpc) is 2.91. The molecule has 1 aromatic rings. The first kappa shape index (κ1) is 17.1. The van der Waals surface area contributed by atoms with E-state index in [0.717, 1.165) is 25.9 Å². The summed E-state index contributed by atoms with van der Waals surface area (Å²) in [5.74, 6) is 0.925. The van der Waals surface area contributed by atoms with Crippen LogP contribution < -0.4 is 14.5 Å². The average molecular weight is 343 g/mol. The van der Waals surface area contributed by atoms with Crippen LogP contribution in [0.3, 0.4) is 0 Å². The van der Waals surface area contributed by atoms with Crippen LogP contribution in [0.2, 0.25) is 0 Å². The smallest absolute Gasteiger partial charge is 0.322 e. The van der Waals surface area contributed by atoms with E-state index in [1.165, 1.54) is 20.0 Å². The van der Waals surface area contributed by atoms with E-state index in [-0.39, 0.29) is 19.2 Å². The SMILES string of the molecule is COc1nc(N2CCCCCC2)nc(N2CCOC(C(F)F)C2)n1. The highest BCUT2D eigenvalue weighted by molar-refractivity contribution is 5.41. The van der Waals surface area contributed by atoms with Crippen molar-refractivity contribution in [2.45, 2.75) is 38.2 Å². The van der Waals surface area contributed by atoms with Gasteiger partial charge in [-0.15, -0.1) is 0 Å². The van der Waals surface area contributed by atoms with E-state index in [1.54, 1.807) is 4.90 Å². The Kier molecular flexibility index (Phi) is 5.60. The Morgan fingerprint density at radius 2 is 1.67 bits per heavy atom. The zero-order chi connectivity index (χ0) is 16.9. The summed E-state index contributed by atoms with van der Waals surface area (Å²) >= 11 is 0. The van der Waals surface area contributed by atoms with Gasteiger partial charge in [-0.25, -0.2) is 8.78 Å². The Labute approximate surface area is 140 Å². The second-order valence-electron chi connectivity index (χ2n) is 6.01. The molecule has 0 aromatic carbocycles. The normalized spacial score (nSPS) is 22.6. The number of rotatable bonds is 4. The fraction of sp³-hybridized carbons (Fsp3) is 0.800. The molecule has 0 N–H and O–H groups in total. The molecule has 2 aliphatic heterocycles. The molecule has 0 bridgehead atoms. The molecule has 1 unspecified atom stereocenters.